The van der Waals surface area contributed by atoms with Gasteiger partial charge in [0.25, 0.3) is 0 Å². The number of hydrogen-bond donors (Lipinski definition) is 1. The van der Waals surface area contributed by atoms with Crippen LogP contribution in [0.3, 0.4) is 0 Å². The zero-order valence-corrected chi connectivity index (χ0v) is 15.4. The molecule has 7 heteroatoms. The molecule has 3 heterocycles. The fourth-order valence-corrected chi connectivity index (χ4v) is 6.12. The smallest absolute Gasteiger partial charge is 0.247 e. The number of rotatable bonds is 4. The molecule has 0 bridgehead atoms. The summed E-state index contributed by atoms with van der Waals surface area (Å²) in [6.45, 7) is 6.71. The van der Waals surface area contributed by atoms with Crippen LogP contribution in [0.5, 0.6) is 0 Å². The predicted octanol–water partition coefficient (Wildman–Crippen LogP) is 1.79. The van der Waals surface area contributed by atoms with Crippen LogP contribution in [-0.2, 0) is 16.6 Å². The summed E-state index contributed by atoms with van der Waals surface area (Å²) in [5, 5.41) is 7.76. The van der Waals surface area contributed by atoms with Crippen LogP contribution in [0, 0.1) is 18.8 Å². The highest BCUT2D eigenvalue weighted by Gasteiger charge is 2.50. The third-order valence-electron chi connectivity index (χ3n) is 5.48. The molecule has 0 unspecified atom stereocenters. The van der Waals surface area contributed by atoms with Crippen molar-refractivity contribution in [3.63, 3.8) is 0 Å². The average molecular weight is 360 g/mol. The number of benzene rings is 1. The van der Waals surface area contributed by atoms with Crippen LogP contribution in [0.2, 0.25) is 0 Å². The quantitative estimate of drug-likeness (QED) is 0.903. The third-order valence-corrected chi connectivity index (χ3v) is 7.43. The number of hydrogen-bond acceptors (Lipinski definition) is 4. The van der Waals surface area contributed by atoms with Gasteiger partial charge in [-0.25, -0.2) is 8.42 Å². The summed E-state index contributed by atoms with van der Waals surface area (Å²) in [5.74, 6) is 0.681. The molecular weight excluding hydrogens is 336 g/mol. The molecule has 25 heavy (non-hydrogen) atoms. The van der Waals surface area contributed by atoms with Crippen LogP contribution in [0.15, 0.2) is 41.4 Å². The fourth-order valence-electron chi connectivity index (χ4n) is 4.23. The maximum Gasteiger partial charge on any atom is 0.247 e. The van der Waals surface area contributed by atoms with Gasteiger partial charge in [0, 0.05) is 25.8 Å². The Labute approximate surface area is 148 Å². The molecule has 4 rings (SSSR count). The first-order valence-corrected chi connectivity index (χ1v) is 10.3. The summed E-state index contributed by atoms with van der Waals surface area (Å²) >= 11 is 0. The minimum absolute atomic E-state index is 0.115. The molecule has 2 aliphatic heterocycles. The molecule has 2 saturated heterocycles. The van der Waals surface area contributed by atoms with Crippen LogP contribution in [-0.4, -0.2) is 42.1 Å². The number of nitrogens with zero attached hydrogens (tertiary/aromatic N) is 3. The Hall–Kier alpha value is -1.70. The first-order chi connectivity index (χ1) is 12.0. The molecule has 0 amide bonds. The van der Waals surface area contributed by atoms with Gasteiger partial charge in [-0.05, 0) is 37.8 Å². The Morgan fingerprint density at radius 1 is 1.24 bits per heavy atom. The summed E-state index contributed by atoms with van der Waals surface area (Å²) < 4.78 is 30.3. The molecule has 6 nitrogen and oxygen atoms in total. The number of sulfonamides is 1. The lowest BCUT2D eigenvalue weighted by atomic mass is 9.90. The second-order valence-electron chi connectivity index (χ2n) is 6.95. The standard InChI is InChI=1S/C18H24N4O2S/c1-3-21-12-17(13(2)20-21)25(23,24)22-11-15-9-19-10-16(15)18(22)14-7-5-4-6-8-14/h4-8,12,15-16,18-19H,3,9-11H2,1-2H3/t15-,16-,18-/m0/s1. The minimum atomic E-state index is -3.58. The zero-order chi connectivity index (χ0) is 17.6. The number of aryl methyl sites for hydroxylation is 2. The Balaban J connectivity index is 1.78. The molecule has 0 aliphatic carbocycles. The fraction of sp³-hybridized carbons (Fsp3) is 0.500. The molecule has 1 aromatic heterocycles. The van der Waals surface area contributed by atoms with Gasteiger partial charge in [0.2, 0.25) is 10.0 Å². The van der Waals surface area contributed by atoms with E-state index in [2.05, 4.69) is 10.4 Å². The van der Waals surface area contributed by atoms with E-state index in [0.29, 0.717) is 35.5 Å². The molecule has 2 aliphatic rings. The second-order valence-corrected chi connectivity index (χ2v) is 8.81. The van der Waals surface area contributed by atoms with Crippen molar-refractivity contribution in [3.8, 4) is 0 Å². The van der Waals surface area contributed by atoms with E-state index < -0.39 is 10.0 Å². The molecule has 0 radical (unpaired) electrons. The maximum absolute atomic E-state index is 13.5. The predicted molar refractivity (Wildman–Crippen MR) is 95.6 cm³/mol. The van der Waals surface area contributed by atoms with Crippen LogP contribution in [0.25, 0.3) is 0 Å². The number of aromatic nitrogens is 2. The highest BCUT2D eigenvalue weighted by molar-refractivity contribution is 7.89. The van der Waals surface area contributed by atoms with Crippen molar-refractivity contribution in [2.24, 2.45) is 11.8 Å². The molecule has 2 fully saturated rings. The molecule has 3 atom stereocenters. The Morgan fingerprint density at radius 3 is 2.68 bits per heavy atom. The monoisotopic (exact) mass is 360 g/mol. The first kappa shape index (κ1) is 16.8. The lowest BCUT2D eigenvalue weighted by Crippen LogP contribution is -2.34. The zero-order valence-electron chi connectivity index (χ0n) is 14.6. The van der Waals surface area contributed by atoms with Gasteiger partial charge in [-0.2, -0.15) is 9.40 Å². The maximum atomic E-state index is 13.5. The molecule has 2 aromatic rings. The SMILES string of the molecule is CCn1cc(S(=O)(=O)N2C[C@@H]3CNC[C@@H]3[C@@H]2c2ccccc2)c(C)n1. The van der Waals surface area contributed by atoms with Gasteiger partial charge in [0.1, 0.15) is 4.90 Å². The van der Waals surface area contributed by atoms with Crippen LogP contribution in [0.1, 0.15) is 24.2 Å². The first-order valence-electron chi connectivity index (χ1n) is 8.84. The van der Waals surface area contributed by atoms with Crippen molar-refractivity contribution in [3.05, 3.63) is 47.8 Å². The van der Waals surface area contributed by atoms with E-state index >= 15 is 0 Å². The highest BCUT2D eigenvalue weighted by Crippen LogP contribution is 2.45. The summed E-state index contributed by atoms with van der Waals surface area (Å²) in [5.41, 5.74) is 1.65. The van der Waals surface area contributed by atoms with Crippen molar-refractivity contribution in [1.29, 1.82) is 0 Å². The van der Waals surface area contributed by atoms with Crippen molar-refractivity contribution in [2.75, 3.05) is 19.6 Å². The average Bonchev–Trinajstić information content (AvgIpc) is 3.29. The van der Waals surface area contributed by atoms with E-state index in [-0.39, 0.29) is 6.04 Å². The molecule has 0 saturated carbocycles. The Kier molecular flexibility index (Phi) is 4.17. The van der Waals surface area contributed by atoms with E-state index in [1.54, 1.807) is 22.1 Å². The normalized spacial score (nSPS) is 26.9. The summed E-state index contributed by atoms with van der Waals surface area (Å²) in [4.78, 5) is 0.336. The highest BCUT2D eigenvalue weighted by atomic mass is 32.2. The second kappa shape index (κ2) is 6.23. The summed E-state index contributed by atoms with van der Waals surface area (Å²) in [7, 11) is -3.58. The Bertz CT molecular complexity index is 862. The summed E-state index contributed by atoms with van der Waals surface area (Å²) in [6.07, 6.45) is 1.67. The van der Waals surface area contributed by atoms with E-state index in [1.165, 1.54) is 0 Å². The van der Waals surface area contributed by atoms with Crippen LogP contribution < -0.4 is 5.32 Å². The van der Waals surface area contributed by atoms with E-state index in [1.807, 2.05) is 37.3 Å². The van der Waals surface area contributed by atoms with E-state index in [0.717, 1.165) is 18.7 Å². The molecular formula is C18H24N4O2S. The van der Waals surface area contributed by atoms with Gasteiger partial charge in [-0.3, -0.25) is 4.68 Å². The van der Waals surface area contributed by atoms with Gasteiger partial charge in [-0.1, -0.05) is 30.3 Å². The molecule has 0 spiro atoms. The van der Waals surface area contributed by atoms with Gasteiger partial charge in [-0.15, -0.1) is 0 Å². The number of nitrogens with one attached hydrogen (secondary N) is 1. The van der Waals surface area contributed by atoms with Crippen molar-refractivity contribution < 1.29 is 8.42 Å². The van der Waals surface area contributed by atoms with E-state index in [9.17, 15) is 8.42 Å². The molecule has 1 N–H and O–H groups in total. The van der Waals surface area contributed by atoms with Crippen molar-refractivity contribution in [2.45, 2.75) is 31.3 Å². The topological polar surface area (TPSA) is 67.2 Å². The largest absolute Gasteiger partial charge is 0.316 e. The van der Waals surface area contributed by atoms with Crippen molar-refractivity contribution >= 4 is 10.0 Å². The van der Waals surface area contributed by atoms with E-state index in [4.69, 9.17) is 0 Å². The third kappa shape index (κ3) is 2.70. The van der Waals surface area contributed by atoms with Crippen LogP contribution >= 0.6 is 0 Å². The van der Waals surface area contributed by atoms with Gasteiger partial charge >= 0.3 is 0 Å². The van der Waals surface area contributed by atoms with Crippen molar-refractivity contribution in [1.82, 2.24) is 19.4 Å². The van der Waals surface area contributed by atoms with Gasteiger partial charge in [0.15, 0.2) is 0 Å². The van der Waals surface area contributed by atoms with Gasteiger partial charge in [0.05, 0.1) is 11.7 Å². The van der Waals surface area contributed by atoms with Crippen LogP contribution in [0.4, 0.5) is 0 Å². The Morgan fingerprint density at radius 2 is 2.00 bits per heavy atom. The lowest BCUT2D eigenvalue weighted by Gasteiger charge is -2.27. The lowest BCUT2D eigenvalue weighted by molar-refractivity contribution is 0.345. The van der Waals surface area contributed by atoms with Gasteiger partial charge < -0.3 is 5.32 Å². The minimum Gasteiger partial charge on any atom is -0.316 e. The molecule has 134 valence electrons. The number of fused-ring (bicyclic) bond motifs is 1. The summed E-state index contributed by atoms with van der Waals surface area (Å²) in [6, 6.07) is 9.89. The molecule has 1 aromatic carbocycles.